The molecule has 0 aliphatic rings. The largest absolute Gasteiger partial charge is 0.283 e. The molecule has 1 aromatic carbocycles. The van der Waals surface area contributed by atoms with E-state index in [9.17, 15) is 0 Å². The molecule has 92 valence electrons. The second-order valence-electron chi connectivity index (χ2n) is 4.63. The van der Waals surface area contributed by atoms with Crippen LogP contribution in [0.1, 0.15) is 31.1 Å². The summed E-state index contributed by atoms with van der Waals surface area (Å²) in [5, 5.41) is 0. The van der Waals surface area contributed by atoms with Gasteiger partial charge < -0.3 is 0 Å². The molecule has 0 N–H and O–H groups in total. The van der Waals surface area contributed by atoms with Crippen LogP contribution in [-0.2, 0) is 0 Å². The molecular weight excluding hydrogens is 220 g/mol. The fourth-order valence-corrected chi connectivity index (χ4v) is 1.90. The van der Waals surface area contributed by atoms with Gasteiger partial charge in [0.05, 0.1) is 11.7 Å². The molecule has 2 rings (SSSR count). The topological polar surface area (TPSA) is 25.2 Å². The van der Waals surface area contributed by atoms with Crippen molar-refractivity contribution in [1.29, 1.82) is 0 Å². The maximum atomic E-state index is 4.68. The van der Waals surface area contributed by atoms with Crippen LogP contribution >= 0.6 is 0 Å². The lowest BCUT2D eigenvalue weighted by Crippen LogP contribution is -2.04. The van der Waals surface area contributed by atoms with Gasteiger partial charge in [0.15, 0.2) is 0 Å². The molecule has 1 atom stereocenters. The summed E-state index contributed by atoms with van der Waals surface area (Å²) >= 11 is 0. The first kappa shape index (κ1) is 12.5. The number of aromatic nitrogens is 1. The van der Waals surface area contributed by atoms with Gasteiger partial charge in [-0.1, -0.05) is 50.2 Å². The Morgan fingerprint density at radius 1 is 1.00 bits per heavy atom. The Balaban J connectivity index is 2.20. The number of aliphatic imine (C=N–C) groups is 1. The normalized spacial score (nSPS) is 13.1. The van der Waals surface area contributed by atoms with Gasteiger partial charge in [-0.3, -0.25) is 9.98 Å². The van der Waals surface area contributed by atoms with Gasteiger partial charge >= 0.3 is 0 Å². The molecule has 0 bridgehead atoms. The van der Waals surface area contributed by atoms with Crippen LogP contribution in [0.25, 0.3) is 0 Å². The van der Waals surface area contributed by atoms with Gasteiger partial charge in [0.2, 0.25) is 0 Å². The van der Waals surface area contributed by atoms with Gasteiger partial charge in [-0.15, -0.1) is 0 Å². The summed E-state index contributed by atoms with van der Waals surface area (Å²) in [6.07, 6.45) is 3.64. The fraction of sp³-hybridized carbons (Fsp3) is 0.250. The zero-order chi connectivity index (χ0) is 12.8. The van der Waals surface area contributed by atoms with Crippen LogP contribution in [0.4, 0.5) is 0 Å². The van der Waals surface area contributed by atoms with Crippen LogP contribution in [0.15, 0.2) is 59.7 Å². The monoisotopic (exact) mass is 238 g/mol. The minimum atomic E-state index is 0.188. The lowest BCUT2D eigenvalue weighted by Gasteiger charge is -2.16. The molecule has 0 fully saturated rings. The van der Waals surface area contributed by atoms with Crippen molar-refractivity contribution in [3.63, 3.8) is 0 Å². The first-order valence-electron chi connectivity index (χ1n) is 6.26. The van der Waals surface area contributed by atoms with Crippen LogP contribution in [-0.4, -0.2) is 11.2 Å². The molecule has 1 unspecified atom stereocenters. The Hall–Kier alpha value is -1.96. The lowest BCUT2D eigenvalue weighted by molar-refractivity contribution is 0.518. The minimum absolute atomic E-state index is 0.188. The van der Waals surface area contributed by atoms with Crippen LogP contribution in [0.5, 0.6) is 0 Å². The van der Waals surface area contributed by atoms with Gasteiger partial charge in [0, 0.05) is 12.4 Å². The summed E-state index contributed by atoms with van der Waals surface area (Å²) in [5.41, 5.74) is 2.15. The van der Waals surface area contributed by atoms with Gasteiger partial charge in [-0.05, 0) is 23.6 Å². The fourth-order valence-electron chi connectivity index (χ4n) is 1.90. The van der Waals surface area contributed by atoms with E-state index < -0.39 is 0 Å². The molecular formula is C16H18N2. The number of benzene rings is 1. The minimum Gasteiger partial charge on any atom is -0.283 e. The quantitative estimate of drug-likeness (QED) is 0.742. The molecule has 0 amide bonds. The summed E-state index contributed by atoms with van der Waals surface area (Å²) in [6.45, 7) is 4.38. The van der Waals surface area contributed by atoms with Gasteiger partial charge in [-0.25, -0.2) is 0 Å². The predicted molar refractivity (Wildman–Crippen MR) is 75.9 cm³/mol. The number of nitrogens with zero attached hydrogens (tertiary/aromatic N) is 2. The summed E-state index contributed by atoms with van der Waals surface area (Å²) in [5.74, 6) is 0.465. The van der Waals surface area contributed by atoms with E-state index in [0.29, 0.717) is 5.92 Å². The van der Waals surface area contributed by atoms with Crippen LogP contribution in [0, 0.1) is 5.92 Å². The van der Waals surface area contributed by atoms with E-state index in [0.717, 1.165) is 5.69 Å². The van der Waals surface area contributed by atoms with E-state index in [-0.39, 0.29) is 6.04 Å². The first-order chi connectivity index (χ1) is 8.77. The number of pyridine rings is 1. The zero-order valence-electron chi connectivity index (χ0n) is 10.8. The van der Waals surface area contributed by atoms with Crippen LogP contribution in [0.2, 0.25) is 0 Å². The molecule has 0 aliphatic carbocycles. The molecule has 0 aliphatic heterocycles. The van der Waals surface area contributed by atoms with Crippen LogP contribution in [0.3, 0.4) is 0 Å². The van der Waals surface area contributed by atoms with Crippen molar-refractivity contribution in [3.8, 4) is 0 Å². The van der Waals surface area contributed by atoms with E-state index in [2.05, 4.69) is 48.1 Å². The Bertz CT molecular complexity index is 489. The summed E-state index contributed by atoms with van der Waals surface area (Å²) in [7, 11) is 0. The predicted octanol–water partition coefficient (Wildman–Crippen LogP) is 3.90. The number of rotatable bonds is 4. The van der Waals surface area contributed by atoms with Gasteiger partial charge in [0.1, 0.15) is 0 Å². The molecule has 18 heavy (non-hydrogen) atoms. The van der Waals surface area contributed by atoms with E-state index in [4.69, 9.17) is 0 Å². The summed E-state index contributed by atoms with van der Waals surface area (Å²) < 4.78 is 0. The molecule has 0 saturated carbocycles. The molecule has 0 spiro atoms. The third-order valence-electron chi connectivity index (χ3n) is 2.83. The first-order valence-corrected chi connectivity index (χ1v) is 6.26. The second kappa shape index (κ2) is 6.10. The van der Waals surface area contributed by atoms with Gasteiger partial charge in [0.25, 0.3) is 0 Å². The summed E-state index contributed by atoms with van der Waals surface area (Å²) in [6, 6.07) is 16.4. The van der Waals surface area contributed by atoms with Crippen molar-refractivity contribution in [1.82, 2.24) is 4.98 Å². The molecule has 2 heteroatoms. The maximum Gasteiger partial charge on any atom is 0.0808 e. The highest BCUT2D eigenvalue weighted by atomic mass is 14.8. The van der Waals surface area contributed by atoms with E-state index >= 15 is 0 Å². The Labute approximate surface area is 108 Å². The van der Waals surface area contributed by atoms with E-state index in [1.54, 1.807) is 6.20 Å². The highest BCUT2D eigenvalue weighted by Crippen LogP contribution is 2.25. The third-order valence-corrected chi connectivity index (χ3v) is 2.83. The van der Waals surface area contributed by atoms with Crippen LogP contribution < -0.4 is 0 Å². The third kappa shape index (κ3) is 3.27. The van der Waals surface area contributed by atoms with Crippen molar-refractivity contribution in [2.45, 2.75) is 19.9 Å². The summed E-state index contributed by atoms with van der Waals surface area (Å²) in [4.78, 5) is 8.93. The van der Waals surface area contributed by atoms with Crippen molar-refractivity contribution in [3.05, 3.63) is 66.0 Å². The molecule has 2 nitrogen and oxygen atoms in total. The maximum absolute atomic E-state index is 4.68. The highest BCUT2D eigenvalue weighted by molar-refractivity contribution is 5.76. The Kier molecular flexibility index (Phi) is 4.24. The standard InChI is InChI=1S/C16H18N2/c1-13(2)16(14-8-4-3-5-9-14)18-12-15-10-6-7-11-17-15/h3-13,16H,1-2H3. The molecule has 0 saturated heterocycles. The second-order valence-corrected chi connectivity index (χ2v) is 4.63. The van der Waals surface area contributed by atoms with Crippen molar-refractivity contribution < 1.29 is 0 Å². The highest BCUT2D eigenvalue weighted by Gasteiger charge is 2.13. The SMILES string of the molecule is CC(C)C(N=Cc1ccccn1)c1ccccc1. The molecule has 2 aromatic rings. The Morgan fingerprint density at radius 2 is 1.72 bits per heavy atom. The van der Waals surface area contributed by atoms with Crippen molar-refractivity contribution in [2.24, 2.45) is 10.9 Å². The molecule has 1 aromatic heterocycles. The Morgan fingerprint density at radius 3 is 2.33 bits per heavy atom. The average Bonchev–Trinajstić information content (AvgIpc) is 2.41. The van der Waals surface area contributed by atoms with E-state index in [1.165, 1.54) is 5.56 Å². The lowest BCUT2D eigenvalue weighted by atomic mass is 9.97. The number of hydrogen-bond acceptors (Lipinski definition) is 2. The van der Waals surface area contributed by atoms with E-state index in [1.807, 2.05) is 30.5 Å². The molecule has 0 radical (unpaired) electrons. The van der Waals surface area contributed by atoms with Crippen molar-refractivity contribution in [2.75, 3.05) is 0 Å². The van der Waals surface area contributed by atoms with Crippen molar-refractivity contribution >= 4 is 6.21 Å². The number of hydrogen-bond donors (Lipinski definition) is 0. The average molecular weight is 238 g/mol. The zero-order valence-corrected chi connectivity index (χ0v) is 10.8. The van der Waals surface area contributed by atoms with Gasteiger partial charge in [-0.2, -0.15) is 0 Å². The molecule has 1 heterocycles. The smallest absolute Gasteiger partial charge is 0.0808 e.